The summed E-state index contributed by atoms with van der Waals surface area (Å²) in [7, 11) is 0. The minimum Gasteiger partial charge on any atom is -0.367 e. The average molecular weight is 295 g/mol. The Kier molecular flexibility index (Phi) is 5.74. The van der Waals surface area contributed by atoms with E-state index in [1.807, 2.05) is 6.07 Å². The lowest BCUT2D eigenvalue weighted by atomic mass is 10.0. The Labute approximate surface area is 128 Å². The van der Waals surface area contributed by atoms with Gasteiger partial charge in [-0.2, -0.15) is 0 Å². The zero-order chi connectivity index (χ0) is 14.5. The predicted octanol–water partition coefficient (Wildman–Crippen LogP) is 4.39. The maximum absolute atomic E-state index is 6.52. The smallest absolute Gasteiger partial charge is 0.0642 e. The number of hydrogen-bond acceptors (Lipinski definition) is 2. The SMILES string of the molecule is CCCCN(c1c(Cl)cccc1CC(N)CC)C1CC1. The summed E-state index contributed by atoms with van der Waals surface area (Å²) in [5.41, 5.74) is 8.71. The third-order valence-corrected chi connectivity index (χ3v) is 4.41. The van der Waals surface area contributed by atoms with E-state index in [-0.39, 0.29) is 6.04 Å². The Hall–Kier alpha value is -0.730. The number of halogens is 1. The summed E-state index contributed by atoms with van der Waals surface area (Å²) in [6.07, 6.45) is 6.97. The van der Waals surface area contributed by atoms with Gasteiger partial charge in [-0.1, -0.05) is 44.0 Å². The van der Waals surface area contributed by atoms with E-state index in [4.69, 9.17) is 17.3 Å². The van der Waals surface area contributed by atoms with Crippen molar-refractivity contribution in [1.82, 2.24) is 0 Å². The van der Waals surface area contributed by atoms with E-state index < -0.39 is 0 Å². The zero-order valence-electron chi connectivity index (χ0n) is 12.7. The van der Waals surface area contributed by atoms with E-state index in [9.17, 15) is 0 Å². The summed E-state index contributed by atoms with van der Waals surface area (Å²) < 4.78 is 0. The molecule has 0 saturated heterocycles. The maximum Gasteiger partial charge on any atom is 0.0642 e. The molecule has 0 heterocycles. The Balaban J connectivity index is 2.26. The van der Waals surface area contributed by atoms with Gasteiger partial charge in [-0.3, -0.25) is 0 Å². The van der Waals surface area contributed by atoms with Crippen molar-refractivity contribution in [3.63, 3.8) is 0 Å². The van der Waals surface area contributed by atoms with Gasteiger partial charge in [-0.05, 0) is 43.7 Å². The van der Waals surface area contributed by atoms with Gasteiger partial charge in [0.2, 0.25) is 0 Å². The van der Waals surface area contributed by atoms with Crippen LogP contribution < -0.4 is 10.6 Å². The Morgan fingerprint density at radius 3 is 2.70 bits per heavy atom. The first-order valence-electron chi connectivity index (χ1n) is 7.97. The Bertz CT molecular complexity index is 429. The van der Waals surface area contributed by atoms with E-state index in [0.717, 1.165) is 24.4 Å². The highest BCUT2D eigenvalue weighted by Crippen LogP contribution is 2.38. The number of rotatable bonds is 8. The molecule has 0 aromatic heterocycles. The number of anilines is 1. The zero-order valence-corrected chi connectivity index (χ0v) is 13.5. The molecule has 1 saturated carbocycles. The number of para-hydroxylation sites is 1. The molecule has 0 spiro atoms. The predicted molar refractivity (Wildman–Crippen MR) is 88.7 cm³/mol. The monoisotopic (exact) mass is 294 g/mol. The van der Waals surface area contributed by atoms with Crippen LogP contribution in [0.4, 0.5) is 5.69 Å². The molecule has 1 aliphatic carbocycles. The number of benzene rings is 1. The second-order valence-electron chi connectivity index (χ2n) is 5.90. The molecule has 0 aliphatic heterocycles. The van der Waals surface area contributed by atoms with E-state index in [2.05, 4.69) is 30.9 Å². The summed E-state index contributed by atoms with van der Waals surface area (Å²) in [5.74, 6) is 0. The fourth-order valence-electron chi connectivity index (χ4n) is 2.66. The normalized spacial score (nSPS) is 16.2. The van der Waals surface area contributed by atoms with Crippen molar-refractivity contribution in [3.05, 3.63) is 28.8 Å². The van der Waals surface area contributed by atoms with Crippen molar-refractivity contribution >= 4 is 17.3 Å². The minimum atomic E-state index is 0.222. The average Bonchev–Trinajstić information content (AvgIpc) is 3.26. The molecule has 0 radical (unpaired) electrons. The van der Waals surface area contributed by atoms with Crippen LogP contribution in [0.5, 0.6) is 0 Å². The van der Waals surface area contributed by atoms with Crippen molar-refractivity contribution in [2.45, 2.75) is 64.5 Å². The molecule has 2 N–H and O–H groups in total. The van der Waals surface area contributed by atoms with E-state index >= 15 is 0 Å². The molecule has 1 unspecified atom stereocenters. The summed E-state index contributed by atoms with van der Waals surface area (Å²) in [5, 5.41) is 0.883. The van der Waals surface area contributed by atoms with Crippen LogP contribution in [0.25, 0.3) is 0 Å². The van der Waals surface area contributed by atoms with Crippen LogP contribution in [0.2, 0.25) is 5.02 Å². The second kappa shape index (κ2) is 7.33. The van der Waals surface area contributed by atoms with E-state index in [0.29, 0.717) is 6.04 Å². The van der Waals surface area contributed by atoms with Gasteiger partial charge >= 0.3 is 0 Å². The topological polar surface area (TPSA) is 29.3 Å². The maximum atomic E-state index is 6.52. The van der Waals surface area contributed by atoms with Crippen molar-refractivity contribution in [1.29, 1.82) is 0 Å². The third-order valence-electron chi connectivity index (χ3n) is 4.10. The van der Waals surface area contributed by atoms with Crippen LogP contribution in [-0.4, -0.2) is 18.6 Å². The van der Waals surface area contributed by atoms with Crippen molar-refractivity contribution < 1.29 is 0 Å². The lowest BCUT2D eigenvalue weighted by Crippen LogP contribution is -2.30. The van der Waals surface area contributed by atoms with Crippen LogP contribution >= 0.6 is 11.6 Å². The molecule has 0 amide bonds. The molecule has 1 aromatic rings. The molecule has 1 aromatic carbocycles. The standard InChI is InChI=1S/C17H27ClN2/c1-3-5-11-20(15-9-10-15)17-13(12-14(19)4-2)7-6-8-16(17)18/h6-8,14-15H,3-5,9-12,19H2,1-2H3. The van der Waals surface area contributed by atoms with Gasteiger partial charge in [-0.15, -0.1) is 0 Å². The fourth-order valence-corrected chi connectivity index (χ4v) is 2.97. The van der Waals surface area contributed by atoms with Crippen LogP contribution in [0, 0.1) is 0 Å². The van der Waals surface area contributed by atoms with Crippen molar-refractivity contribution in [3.8, 4) is 0 Å². The number of hydrogen-bond donors (Lipinski definition) is 1. The number of unbranched alkanes of at least 4 members (excludes halogenated alkanes) is 1. The first kappa shape index (κ1) is 15.7. The molecule has 0 bridgehead atoms. The van der Waals surface area contributed by atoms with Gasteiger partial charge in [-0.25, -0.2) is 0 Å². The molecule has 3 heteroatoms. The summed E-state index contributed by atoms with van der Waals surface area (Å²) in [6, 6.07) is 7.17. The van der Waals surface area contributed by atoms with Gasteiger partial charge < -0.3 is 10.6 Å². The lowest BCUT2D eigenvalue weighted by molar-refractivity contribution is 0.641. The van der Waals surface area contributed by atoms with E-state index in [1.165, 1.54) is 36.9 Å². The van der Waals surface area contributed by atoms with Gasteiger partial charge in [0, 0.05) is 18.6 Å². The first-order valence-corrected chi connectivity index (χ1v) is 8.34. The highest BCUT2D eigenvalue weighted by molar-refractivity contribution is 6.33. The molecule has 1 fully saturated rings. The molecule has 2 rings (SSSR count). The highest BCUT2D eigenvalue weighted by atomic mass is 35.5. The van der Waals surface area contributed by atoms with Gasteiger partial charge in [0.1, 0.15) is 0 Å². The van der Waals surface area contributed by atoms with Crippen LogP contribution in [-0.2, 0) is 6.42 Å². The van der Waals surface area contributed by atoms with E-state index in [1.54, 1.807) is 0 Å². The number of nitrogens with zero attached hydrogens (tertiary/aromatic N) is 1. The molecule has 2 nitrogen and oxygen atoms in total. The molecular formula is C17H27ClN2. The molecule has 1 aliphatic rings. The van der Waals surface area contributed by atoms with Crippen LogP contribution in [0.3, 0.4) is 0 Å². The molecule has 1 atom stereocenters. The van der Waals surface area contributed by atoms with Gasteiger partial charge in [0.15, 0.2) is 0 Å². The largest absolute Gasteiger partial charge is 0.367 e. The molecular weight excluding hydrogens is 268 g/mol. The van der Waals surface area contributed by atoms with Gasteiger partial charge in [0.05, 0.1) is 10.7 Å². The van der Waals surface area contributed by atoms with Crippen LogP contribution in [0.15, 0.2) is 18.2 Å². The number of nitrogens with two attached hydrogens (primary N) is 1. The second-order valence-corrected chi connectivity index (χ2v) is 6.31. The van der Waals surface area contributed by atoms with Crippen molar-refractivity contribution in [2.24, 2.45) is 5.73 Å². The quantitative estimate of drug-likeness (QED) is 0.770. The van der Waals surface area contributed by atoms with Crippen molar-refractivity contribution in [2.75, 3.05) is 11.4 Å². The molecule has 20 heavy (non-hydrogen) atoms. The summed E-state index contributed by atoms with van der Waals surface area (Å²) in [6.45, 7) is 5.50. The molecule has 112 valence electrons. The first-order chi connectivity index (χ1) is 9.67. The minimum absolute atomic E-state index is 0.222. The summed E-state index contributed by atoms with van der Waals surface area (Å²) in [4.78, 5) is 2.53. The Morgan fingerprint density at radius 2 is 2.10 bits per heavy atom. The van der Waals surface area contributed by atoms with Crippen LogP contribution in [0.1, 0.15) is 51.5 Å². The third kappa shape index (κ3) is 3.89. The Morgan fingerprint density at radius 1 is 1.35 bits per heavy atom. The van der Waals surface area contributed by atoms with Gasteiger partial charge in [0.25, 0.3) is 0 Å². The fraction of sp³-hybridized carbons (Fsp3) is 0.647. The lowest BCUT2D eigenvalue weighted by Gasteiger charge is -2.29. The summed E-state index contributed by atoms with van der Waals surface area (Å²) >= 11 is 6.52. The highest BCUT2D eigenvalue weighted by Gasteiger charge is 2.31.